The number of anilines is 2. The molecule has 2 N–H and O–H groups in total. The van der Waals surface area contributed by atoms with Gasteiger partial charge in [-0.05, 0) is 74.3 Å². The third-order valence-electron chi connectivity index (χ3n) is 8.29. The minimum absolute atomic E-state index is 0.101. The summed E-state index contributed by atoms with van der Waals surface area (Å²) in [5.74, 6) is 0.797. The predicted molar refractivity (Wildman–Crippen MR) is 166 cm³/mol. The number of amides is 1. The topological polar surface area (TPSA) is 73.4 Å². The van der Waals surface area contributed by atoms with Crippen LogP contribution in [0, 0.1) is 6.92 Å². The summed E-state index contributed by atoms with van der Waals surface area (Å²) in [6.07, 6.45) is 3.90. The third kappa shape index (κ3) is 6.32. The van der Waals surface area contributed by atoms with Crippen LogP contribution in [-0.2, 0) is 6.42 Å². The first-order chi connectivity index (χ1) is 20.0. The predicted octanol–water partition coefficient (Wildman–Crippen LogP) is 5.44. The van der Waals surface area contributed by atoms with Gasteiger partial charge in [-0.1, -0.05) is 54.1 Å². The van der Waals surface area contributed by atoms with Crippen molar-refractivity contribution < 1.29 is 4.79 Å². The van der Waals surface area contributed by atoms with Gasteiger partial charge < -0.3 is 20.4 Å². The van der Waals surface area contributed by atoms with Crippen LogP contribution in [0.3, 0.4) is 0 Å². The quantitative estimate of drug-likeness (QED) is 0.287. The maximum absolute atomic E-state index is 12.7. The number of aryl methyl sites for hydroxylation is 1. The molecule has 1 atom stereocenters. The number of piperazine rings is 1. The Morgan fingerprint density at radius 1 is 0.951 bits per heavy atom. The highest BCUT2D eigenvalue weighted by Crippen LogP contribution is 2.42. The Labute approximate surface area is 242 Å². The van der Waals surface area contributed by atoms with Gasteiger partial charge >= 0.3 is 0 Å². The molecule has 1 amide bonds. The summed E-state index contributed by atoms with van der Waals surface area (Å²) >= 11 is 0. The first-order valence-corrected chi connectivity index (χ1v) is 14.6. The molecule has 1 unspecified atom stereocenters. The van der Waals surface area contributed by atoms with Gasteiger partial charge in [-0.3, -0.25) is 4.79 Å². The Hall–Kier alpha value is -4.07. The van der Waals surface area contributed by atoms with Crippen molar-refractivity contribution in [1.82, 2.24) is 19.8 Å². The second kappa shape index (κ2) is 12.2. The number of carbonyl (C=O) groups excluding carboxylic acids is 1. The number of rotatable bonds is 8. The van der Waals surface area contributed by atoms with Crippen LogP contribution in [0.15, 0.2) is 79.0 Å². The first kappa shape index (κ1) is 27.1. The van der Waals surface area contributed by atoms with Gasteiger partial charge in [-0.15, -0.1) is 0 Å². The molecule has 3 aromatic carbocycles. The molecule has 2 heterocycles. The first-order valence-electron chi connectivity index (χ1n) is 14.6. The van der Waals surface area contributed by atoms with Crippen molar-refractivity contribution >= 4 is 17.5 Å². The molecule has 1 fully saturated rings. The van der Waals surface area contributed by atoms with E-state index in [0.29, 0.717) is 11.5 Å². The lowest BCUT2D eigenvalue weighted by atomic mass is 9.78. The van der Waals surface area contributed by atoms with Crippen LogP contribution < -0.4 is 10.6 Å². The lowest BCUT2D eigenvalue weighted by Crippen LogP contribution is -2.44. The average molecular weight is 547 g/mol. The summed E-state index contributed by atoms with van der Waals surface area (Å²) < 4.78 is 0. The van der Waals surface area contributed by atoms with Crippen molar-refractivity contribution in [1.29, 1.82) is 0 Å². The Morgan fingerprint density at radius 2 is 1.71 bits per heavy atom. The number of likely N-dealkylation sites (N-methyl/N-ethyl adjacent to an activating group) is 1. The minimum Gasteiger partial charge on any atom is -0.354 e. The number of hydrogen-bond donors (Lipinski definition) is 2. The molecule has 7 heteroatoms. The van der Waals surface area contributed by atoms with E-state index >= 15 is 0 Å². The SMILES string of the molecule is Cc1ccc(C(=O)Nc2ccc(C3Cc4cnc(NCCCN5CCN(C)CC5)nc4-c4ccccc43)cc2)cc1. The molecule has 0 radical (unpaired) electrons. The van der Waals surface area contributed by atoms with Crippen molar-refractivity contribution in [2.75, 3.05) is 56.9 Å². The number of benzene rings is 3. The molecular weight excluding hydrogens is 508 g/mol. The molecule has 41 heavy (non-hydrogen) atoms. The maximum atomic E-state index is 12.7. The van der Waals surface area contributed by atoms with E-state index in [1.54, 1.807) is 0 Å². The summed E-state index contributed by atoms with van der Waals surface area (Å²) in [7, 11) is 2.19. The van der Waals surface area contributed by atoms with E-state index in [9.17, 15) is 4.79 Å². The lowest BCUT2D eigenvalue weighted by Gasteiger charge is -2.32. The molecule has 210 valence electrons. The van der Waals surface area contributed by atoms with E-state index in [0.717, 1.165) is 74.6 Å². The summed E-state index contributed by atoms with van der Waals surface area (Å²) in [5, 5.41) is 6.48. The zero-order valence-corrected chi connectivity index (χ0v) is 23.9. The van der Waals surface area contributed by atoms with Crippen molar-refractivity contribution in [3.63, 3.8) is 0 Å². The number of hydrogen-bond acceptors (Lipinski definition) is 6. The molecule has 0 bridgehead atoms. The highest BCUT2D eigenvalue weighted by atomic mass is 16.1. The van der Waals surface area contributed by atoms with Gasteiger partial charge in [0.15, 0.2) is 0 Å². The van der Waals surface area contributed by atoms with Gasteiger partial charge in [0, 0.05) is 61.7 Å². The van der Waals surface area contributed by atoms with Crippen molar-refractivity contribution in [2.45, 2.75) is 25.7 Å². The maximum Gasteiger partial charge on any atom is 0.255 e. The van der Waals surface area contributed by atoms with Crippen molar-refractivity contribution in [3.05, 3.63) is 107 Å². The Balaban J connectivity index is 1.12. The lowest BCUT2D eigenvalue weighted by molar-refractivity contribution is 0.102. The Morgan fingerprint density at radius 3 is 2.49 bits per heavy atom. The third-order valence-corrected chi connectivity index (χ3v) is 8.29. The zero-order chi connectivity index (χ0) is 28.2. The van der Waals surface area contributed by atoms with Crippen LogP contribution in [0.4, 0.5) is 11.6 Å². The van der Waals surface area contributed by atoms with Crippen LogP contribution in [0.1, 0.15) is 45.0 Å². The Kier molecular flexibility index (Phi) is 8.07. The van der Waals surface area contributed by atoms with Gasteiger partial charge in [0.05, 0.1) is 5.69 Å². The van der Waals surface area contributed by atoms with Crippen LogP contribution in [-0.4, -0.2) is 72.0 Å². The van der Waals surface area contributed by atoms with Gasteiger partial charge in [-0.25, -0.2) is 9.97 Å². The molecule has 2 aliphatic rings. The van der Waals surface area contributed by atoms with Crippen molar-refractivity contribution in [2.24, 2.45) is 0 Å². The fourth-order valence-corrected chi connectivity index (χ4v) is 5.80. The van der Waals surface area contributed by atoms with E-state index < -0.39 is 0 Å². The molecule has 7 nitrogen and oxygen atoms in total. The monoisotopic (exact) mass is 546 g/mol. The molecule has 1 aliphatic heterocycles. The van der Waals surface area contributed by atoms with E-state index in [2.05, 4.69) is 68.9 Å². The highest BCUT2D eigenvalue weighted by Gasteiger charge is 2.27. The molecule has 1 aliphatic carbocycles. The fraction of sp³-hybridized carbons (Fsp3) is 0.324. The normalized spacial score (nSPS) is 17.0. The van der Waals surface area contributed by atoms with Gasteiger partial charge in [-0.2, -0.15) is 0 Å². The highest BCUT2D eigenvalue weighted by molar-refractivity contribution is 6.04. The van der Waals surface area contributed by atoms with E-state index in [1.807, 2.05) is 49.5 Å². The number of nitrogens with zero attached hydrogens (tertiary/aromatic N) is 4. The van der Waals surface area contributed by atoms with Gasteiger partial charge in [0.25, 0.3) is 5.91 Å². The fourth-order valence-electron chi connectivity index (χ4n) is 5.80. The Bertz CT molecular complexity index is 1490. The molecular formula is C34H38N6O. The molecule has 4 aromatic rings. The summed E-state index contributed by atoms with van der Waals surface area (Å²) in [6, 6.07) is 24.4. The van der Waals surface area contributed by atoms with E-state index in [-0.39, 0.29) is 11.8 Å². The van der Waals surface area contributed by atoms with Crippen LogP contribution in [0.2, 0.25) is 0 Å². The molecule has 0 spiro atoms. The van der Waals surface area contributed by atoms with Crippen molar-refractivity contribution in [3.8, 4) is 11.3 Å². The molecule has 1 aromatic heterocycles. The van der Waals surface area contributed by atoms with Gasteiger partial charge in [0.1, 0.15) is 0 Å². The smallest absolute Gasteiger partial charge is 0.255 e. The second-order valence-corrected chi connectivity index (χ2v) is 11.3. The van der Waals surface area contributed by atoms with Gasteiger partial charge in [0.2, 0.25) is 5.95 Å². The largest absolute Gasteiger partial charge is 0.354 e. The molecule has 1 saturated heterocycles. The number of fused-ring (bicyclic) bond motifs is 3. The number of carbonyl (C=O) groups is 1. The minimum atomic E-state index is -0.101. The summed E-state index contributed by atoms with van der Waals surface area (Å²) in [6.45, 7) is 8.57. The van der Waals surface area contributed by atoms with Crippen LogP contribution in [0.5, 0.6) is 0 Å². The average Bonchev–Trinajstić information content (AvgIpc) is 3.00. The second-order valence-electron chi connectivity index (χ2n) is 11.3. The summed E-state index contributed by atoms with van der Waals surface area (Å²) in [5.41, 5.74) is 8.41. The molecule has 0 saturated carbocycles. The standard InChI is InChI=1S/C34H38N6O/c1-24-8-10-26(11-9-24)33(41)37-28-14-12-25(13-15-28)31-22-27-23-36-34(38-32(27)30-7-4-3-6-29(30)31)35-16-5-17-40-20-18-39(2)19-21-40/h3-4,6-15,23,31H,5,16-22H2,1-2H3,(H,37,41)(H,35,36,38). The molecule has 6 rings (SSSR count). The summed E-state index contributed by atoms with van der Waals surface area (Å²) in [4.78, 5) is 27.2. The number of aromatic nitrogens is 2. The zero-order valence-electron chi connectivity index (χ0n) is 23.9. The van der Waals surface area contributed by atoms with Crippen LogP contribution in [0.25, 0.3) is 11.3 Å². The number of nitrogens with one attached hydrogen (secondary N) is 2. The van der Waals surface area contributed by atoms with E-state index in [1.165, 1.54) is 16.7 Å². The van der Waals surface area contributed by atoms with Crippen LogP contribution >= 0.6 is 0 Å². The van der Waals surface area contributed by atoms with E-state index in [4.69, 9.17) is 4.98 Å².